The Hall–Kier alpha value is -0.590. The average molecular weight is 252 g/mol. The standard InChI is InChI=1S/C17H32O/c1-3-5-6-7-8-9-10-11-12-13-14-15-16-17(18)4-2/h3H,1,4-16H2,2H3. The summed E-state index contributed by atoms with van der Waals surface area (Å²) in [4.78, 5) is 11.1. The average Bonchev–Trinajstić information content (AvgIpc) is 2.39. The zero-order chi connectivity index (χ0) is 13.5. The molecule has 0 bridgehead atoms. The fraction of sp³-hybridized carbons (Fsp3) is 0.824. The molecule has 0 amide bonds. The van der Waals surface area contributed by atoms with Gasteiger partial charge in [-0.15, -0.1) is 6.58 Å². The molecule has 0 fully saturated rings. The van der Waals surface area contributed by atoms with Crippen molar-refractivity contribution in [1.29, 1.82) is 0 Å². The van der Waals surface area contributed by atoms with E-state index in [9.17, 15) is 4.79 Å². The number of ketones is 1. The van der Waals surface area contributed by atoms with Crippen molar-refractivity contribution in [3.8, 4) is 0 Å². The van der Waals surface area contributed by atoms with E-state index in [1.165, 1.54) is 64.2 Å². The molecule has 0 saturated carbocycles. The number of Topliss-reactive ketones (excluding diaryl/α,β-unsaturated/α-hetero) is 1. The SMILES string of the molecule is C=CCCCCCCCCCCCCC(=O)CC. The van der Waals surface area contributed by atoms with Crippen molar-refractivity contribution >= 4 is 5.78 Å². The van der Waals surface area contributed by atoms with Gasteiger partial charge in [-0.2, -0.15) is 0 Å². The molecule has 1 heteroatoms. The lowest BCUT2D eigenvalue weighted by Gasteiger charge is -2.02. The minimum atomic E-state index is 0.425. The van der Waals surface area contributed by atoms with Gasteiger partial charge in [-0.1, -0.05) is 64.4 Å². The van der Waals surface area contributed by atoms with E-state index in [1.54, 1.807) is 0 Å². The topological polar surface area (TPSA) is 17.1 Å². The van der Waals surface area contributed by atoms with Crippen LogP contribution in [-0.2, 0) is 4.79 Å². The molecule has 0 unspecified atom stereocenters. The van der Waals surface area contributed by atoms with Gasteiger partial charge >= 0.3 is 0 Å². The van der Waals surface area contributed by atoms with Gasteiger partial charge in [-0.05, 0) is 19.3 Å². The summed E-state index contributed by atoms with van der Waals surface area (Å²) in [5.74, 6) is 0.425. The molecule has 0 spiro atoms. The van der Waals surface area contributed by atoms with Crippen LogP contribution in [-0.4, -0.2) is 5.78 Å². The van der Waals surface area contributed by atoms with Gasteiger partial charge in [-0.25, -0.2) is 0 Å². The molecule has 0 aliphatic rings. The molecule has 0 heterocycles. The van der Waals surface area contributed by atoms with E-state index in [0.717, 1.165) is 12.8 Å². The lowest BCUT2D eigenvalue weighted by molar-refractivity contribution is -0.118. The lowest BCUT2D eigenvalue weighted by Crippen LogP contribution is -1.94. The van der Waals surface area contributed by atoms with E-state index in [0.29, 0.717) is 12.2 Å². The third-order valence-corrected chi connectivity index (χ3v) is 3.51. The van der Waals surface area contributed by atoms with E-state index in [-0.39, 0.29) is 0 Å². The van der Waals surface area contributed by atoms with E-state index >= 15 is 0 Å². The summed E-state index contributed by atoms with van der Waals surface area (Å²) >= 11 is 0. The smallest absolute Gasteiger partial charge is 0.132 e. The fourth-order valence-electron chi connectivity index (χ4n) is 2.20. The first kappa shape index (κ1) is 17.4. The van der Waals surface area contributed by atoms with Crippen LogP contribution >= 0.6 is 0 Å². The zero-order valence-electron chi connectivity index (χ0n) is 12.4. The van der Waals surface area contributed by atoms with Crippen LogP contribution in [0.3, 0.4) is 0 Å². The highest BCUT2D eigenvalue weighted by atomic mass is 16.1. The van der Waals surface area contributed by atoms with Crippen molar-refractivity contribution in [3.05, 3.63) is 12.7 Å². The van der Waals surface area contributed by atoms with Gasteiger partial charge in [0.15, 0.2) is 0 Å². The molecule has 1 nitrogen and oxygen atoms in total. The minimum Gasteiger partial charge on any atom is -0.300 e. The normalized spacial score (nSPS) is 10.5. The second-order valence-corrected chi connectivity index (χ2v) is 5.26. The Balaban J connectivity index is 2.98. The monoisotopic (exact) mass is 252 g/mol. The van der Waals surface area contributed by atoms with Crippen LogP contribution in [0.2, 0.25) is 0 Å². The van der Waals surface area contributed by atoms with Gasteiger partial charge in [0.05, 0.1) is 0 Å². The predicted octanol–water partition coefficient (Wildman–Crippen LogP) is 5.83. The van der Waals surface area contributed by atoms with Gasteiger partial charge in [-0.3, -0.25) is 4.79 Å². The quantitative estimate of drug-likeness (QED) is 0.281. The van der Waals surface area contributed by atoms with Crippen molar-refractivity contribution in [2.45, 2.75) is 90.4 Å². The third kappa shape index (κ3) is 13.5. The third-order valence-electron chi connectivity index (χ3n) is 3.51. The van der Waals surface area contributed by atoms with Crippen molar-refractivity contribution in [3.63, 3.8) is 0 Å². The van der Waals surface area contributed by atoms with Crippen molar-refractivity contribution in [2.75, 3.05) is 0 Å². The Morgan fingerprint density at radius 3 is 1.72 bits per heavy atom. The van der Waals surface area contributed by atoms with Crippen molar-refractivity contribution < 1.29 is 4.79 Å². The summed E-state index contributed by atoms with van der Waals surface area (Å²) in [6.45, 7) is 5.69. The summed E-state index contributed by atoms with van der Waals surface area (Å²) in [6, 6.07) is 0. The number of hydrogen-bond acceptors (Lipinski definition) is 1. The van der Waals surface area contributed by atoms with Gasteiger partial charge in [0.1, 0.15) is 5.78 Å². The van der Waals surface area contributed by atoms with Crippen LogP contribution in [0.15, 0.2) is 12.7 Å². The van der Waals surface area contributed by atoms with Crippen LogP contribution in [0.25, 0.3) is 0 Å². The molecule has 0 aliphatic heterocycles. The highest BCUT2D eigenvalue weighted by Crippen LogP contribution is 2.12. The number of carbonyl (C=O) groups excluding carboxylic acids is 1. The zero-order valence-corrected chi connectivity index (χ0v) is 12.4. The number of carbonyl (C=O) groups is 1. The Kier molecular flexibility index (Phi) is 14.0. The van der Waals surface area contributed by atoms with Crippen LogP contribution in [0.4, 0.5) is 0 Å². The molecule has 0 radical (unpaired) electrons. The molecular formula is C17H32O. The molecule has 106 valence electrons. The fourth-order valence-corrected chi connectivity index (χ4v) is 2.20. The Morgan fingerprint density at radius 1 is 0.833 bits per heavy atom. The molecule has 0 aromatic rings. The van der Waals surface area contributed by atoms with Crippen molar-refractivity contribution in [1.82, 2.24) is 0 Å². The Bertz CT molecular complexity index is 196. The van der Waals surface area contributed by atoms with Crippen LogP contribution in [0.1, 0.15) is 90.4 Å². The molecule has 0 saturated heterocycles. The van der Waals surface area contributed by atoms with Crippen LogP contribution < -0.4 is 0 Å². The summed E-state index contributed by atoms with van der Waals surface area (Å²) in [5, 5.41) is 0. The molecule has 0 N–H and O–H groups in total. The van der Waals surface area contributed by atoms with E-state index in [1.807, 2.05) is 13.0 Å². The van der Waals surface area contributed by atoms with Gasteiger partial charge < -0.3 is 0 Å². The molecule has 0 aromatic heterocycles. The molecule has 0 rings (SSSR count). The van der Waals surface area contributed by atoms with Gasteiger partial charge in [0, 0.05) is 12.8 Å². The molecule has 18 heavy (non-hydrogen) atoms. The first-order chi connectivity index (χ1) is 8.81. The van der Waals surface area contributed by atoms with Crippen LogP contribution in [0, 0.1) is 0 Å². The highest BCUT2D eigenvalue weighted by Gasteiger charge is 1.97. The maximum absolute atomic E-state index is 11.1. The largest absolute Gasteiger partial charge is 0.300 e. The number of unbranched alkanes of at least 4 members (excludes halogenated alkanes) is 10. The predicted molar refractivity (Wildman–Crippen MR) is 80.9 cm³/mol. The van der Waals surface area contributed by atoms with Gasteiger partial charge in [0.25, 0.3) is 0 Å². The first-order valence-corrected chi connectivity index (χ1v) is 7.93. The maximum atomic E-state index is 11.1. The maximum Gasteiger partial charge on any atom is 0.132 e. The highest BCUT2D eigenvalue weighted by molar-refractivity contribution is 5.77. The molecular weight excluding hydrogens is 220 g/mol. The number of hydrogen-bond donors (Lipinski definition) is 0. The number of allylic oxidation sites excluding steroid dienone is 1. The second kappa shape index (κ2) is 14.5. The summed E-state index contributed by atoms with van der Waals surface area (Å²) in [5.41, 5.74) is 0. The Morgan fingerprint density at radius 2 is 1.28 bits per heavy atom. The number of rotatable bonds is 14. The first-order valence-electron chi connectivity index (χ1n) is 7.93. The lowest BCUT2D eigenvalue weighted by atomic mass is 10.0. The van der Waals surface area contributed by atoms with Crippen molar-refractivity contribution in [2.24, 2.45) is 0 Å². The second-order valence-electron chi connectivity index (χ2n) is 5.26. The Labute approximate surface area is 114 Å². The van der Waals surface area contributed by atoms with Crippen LogP contribution in [0.5, 0.6) is 0 Å². The summed E-state index contributed by atoms with van der Waals surface area (Å²) in [7, 11) is 0. The van der Waals surface area contributed by atoms with Gasteiger partial charge in [0.2, 0.25) is 0 Å². The molecule has 0 atom stereocenters. The summed E-state index contributed by atoms with van der Waals surface area (Å²) < 4.78 is 0. The van der Waals surface area contributed by atoms with E-state index in [4.69, 9.17) is 0 Å². The summed E-state index contributed by atoms with van der Waals surface area (Å²) in [6.07, 6.45) is 18.0. The van der Waals surface area contributed by atoms with E-state index < -0.39 is 0 Å². The minimum absolute atomic E-state index is 0.425. The van der Waals surface area contributed by atoms with E-state index in [2.05, 4.69) is 6.58 Å². The molecule has 0 aliphatic carbocycles. The molecule has 0 aromatic carbocycles.